The van der Waals surface area contributed by atoms with Crippen LogP contribution in [0.25, 0.3) is 6.08 Å². The van der Waals surface area contributed by atoms with Gasteiger partial charge in [0.2, 0.25) is 0 Å². The Kier molecular flexibility index (Phi) is 7.75. The Bertz CT molecular complexity index is 1460. The zero-order chi connectivity index (χ0) is 28.1. The van der Waals surface area contributed by atoms with E-state index >= 15 is 0 Å². The van der Waals surface area contributed by atoms with Gasteiger partial charge in [-0.2, -0.15) is 0 Å². The molecule has 3 aliphatic rings. The maximum atomic E-state index is 13.8. The second-order valence-electron chi connectivity index (χ2n) is 10.7. The first kappa shape index (κ1) is 28.1. The number of halogens is 6. The summed E-state index contributed by atoms with van der Waals surface area (Å²) < 4.78 is 57.6. The molecule has 3 nitrogen and oxygen atoms in total. The van der Waals surface area contributed by atoms with Gasteiger partial charge in [-0.1, -0.05) is 12.2 Å². The molecule has 3 aromatic carbocycles. The molecule has 40 heavy (non-hydrogen) atoms. The van der Waals surface area contributed by atoms with E-state index in [1.165, 1.54) is 34.3 Å². The molecule has 0 saturated carbocycles. The average Bonchev–Trinajstić information content (AvgIpc) is 3.73. The first-order valence-corrected chi connectivity index (χ1v) is 17.0. The van der Waals surface area contributed by atoms with Crippen LogP contribution in [0.1, 0.15) is 49.4 Å². The van der Waals surface area contributed by atoms with Gasteiger partial charge in [0, 0.05) is 3.57 Å². The Labute approximate surface area is 255 Å². The Morgan fingerprint density at radius 2 is 1.85 bits per heavy atom. The second-order valence-corrected chi connectivity index (χ2v) is 15.2. The fourth-order valence-electron chi connectivity index (χ4n) is 5.87. The molecule has 0 N–H and O–H groups in total. The Morgan fingerprint density at radius 3 is 2.55 bits per heavy atom. The number of nitrogens with zero attached hydrogens (tertiary/aromatic N) is 2. The number of anilines is 1. The molecule has 1 spiro atoms. The first-order valence-electron chi connectivity index (χ1n) is 13.2. The van der Waals surface area contributed by atoms with Gasteiger partial charge in [0.1, 0.15) is 5.82 Å². The van der Waals surface area contributed by atoms with Crippen molar-refractivity contribution in [2.24, 2.45) is 0 Å². The number of amides is 1. The standard InChI is InChI=1S/C31H27F4I2N2O/c32-24-13-20(14-25(36)17-24)3-2-10-38-11-8-30(9-12-38)19-39(28-7-6-23(16-26(28)30)31(33,34)35)29(40)22-5-1-4-21(15-22)27-18-37-27/h1-7,13-17,27H,8-12,18-19H2/q-1/b3-2+. The fraction of sp³-hybridized carbons (Fsp3) is 0.323. The number of likely N-dealkylation sites (tertiary alicyclic amines) is 1. The molecule has 2 saturated heterocycles. The van der Waals surface area contributed by atoms with Crippen LogP contribution in [0.3, 0.4) is 0 Å². The quantitative estimate of drug-likeness (QED) is 0.220. The number of fused-ring (bicyclic) bond motifs is 2. The molecule has 9 heteroatoms. The van der Waals surface area contributed by atoms with Crippen LogP contribution in [0.15, 0.2) is 66.7 Å². The summed E-state index contributed by atoms with van der Waals surface area (Å²) in [5.74, 6) is -0.418. The molecule has 1 atom stereocenters. The van der Waals surface area contributed by atoms with E-state index in [1.807, 2.05) is 36.4 Å². The van der Waals surface area contributed by atoms with Crippen LogP contribution in [0.5, 0.6) is 0 Å². The van der Waals surface area contributed by atoms with Gasteiger partial charge in [0.15, 0.2) is 0 Å². The van der Waals surface area contributed by atoms with Gasteiger partial charge in [0.25, 0.3) is 0 Å². The molecule has 0 radical (unpaired) electrons. The summed E-state index contributed by atoms with van der Waals surface area (Å²) in [7, 11) is 0. The predicted molar refractivity (Wildman–Crippen MR) is 153 cm³/mol. The third-order valence-corrected chi connectivity index (χ3v) is 11.2. The summed E-state index contributed by atoms with van der Waals surface area (Å²) in [6.07, 6.45) is 0.759. The third kappa shape index (κ3) is 5.83. The predicted octanol–water partition coefficient (Wildman–Crippen LogP) is 4.30. The van der Waals surface area contributed by atoms with Crippen LogP contribution in [0.4, 0.5) is 23.2 Å². The Hall–Kier alpha value is -1.99. The number of hydrogen-bond acceptors (Lipinski definition) is 2. The van der Waals surface area contributed by atoms with Crippen molar-refractivity contribution in [2.45, 2.75) is 28.4 Å². The molecule has 1 amide bonds. The number of carbonyl (C=O) groups is 1. The molecule has 0 bridgehead atoms. The number of rotatable bonds is 5. The van der Waals surface area contributed by atoms with Gasteiger partial charge in [-0.3, -0.25) is 0 Å². The summed E-state index contributed by atoms with van der Waals surface area (Å²) in [4.78, 5) is 17.7. The Morgan fingerprint density at radius 1 is 1.07 bits per heavy atom. The van der Waals surface area contributed by atoms with Gasteiger partial charge in [0.05, 0.1) is 0 Å². The maximum absolute atomic E-state index is 13.8. The zero-order valence-electron chi connectivity index (χ0n) is 21.5. The van der Waals surface area contributed by atoms with E-state index in [2.05, 4.69) is 33.6 Å². The minimum absolute atomic E-state index is 0.145. The topological polar surface area (TPSA) is 23.6 Å². The minimum atomic E-state index is -4.45. The number of carbonyl (C=O) groups excluding carboxylic acids is 1. The van der Waals surface area contributed by atoms with E-state index in [0.717, 1.165) is 15.2 Å². The van der Waals surface area contributed by atoms with Crippen molar-refractivity contribution in [3.05, 3.63) is 104 Å². The molecule has 6 rings (SSSR count). The van der Waals surface area contributed by atoms with E-state index < -0.39 is 17.2 Å². The van der Waals surface area contributed by atoms with Gasteiger partial charge < -0.3 is 0 Å². The normalized spacial score (nSPS) is 20.5. The van der Waals surface area contributed by atoms with Crippen LogP contribution in [0.2, 0.25) is 0 Å². The van der Waals surface area contributed by atoms with Crippen LogP contribution in [-0.2, 0) is 11.6 Å². The van der Waals surface area contributed by atoms with E-state index in [4.69, 9.17) is 0 Å². The number of piperidine rings is 1. The molecule has 3 aliphatic heterocycles. The van der Waals surface area contributed by atoms with Gasteiger partial charge in [-0.05, 0) is 46.4 Å². The van der Waals surface area contributed by atoms with Crippen molar-refractivity contribution in [1.29, 1.82) is 0 Å². The fourth-order valence-corrected chi connectivity index (χ4v) is 8.19. The van der Waals surface area contributed by atoms with E-state index in [-0.39, 0.29) is 32.9 Å². The molecular weight excluding hydrogens is 746 g/mol. The van der Waals surface area contributed by atoms with Crippen LogP contribution < -0.4 is 26.1 Å². The monoisotopic (exact) mass is 773 g/mol. The van der Waals surface area contributed by atoms with Crippen molar-refractivity contribution in [1.82, 2.24) is 4.90 Å². The summed E-state index contributed by atoms with van der Waals surface area (Å²) in [5, 5.41) is 0. The van der Waals surface area contributed by atoms with Crippen LogP contribution in [0, 0.1) is 9.39 Å². The second kappa shape index (κ2) is 11.0. The Balaban J connectivity index is 1.23. The molecule has 2 fully saturated rings. The summed E-state index contributed by atoms with van der Waals surface area (Å²) >= 11 is 2.28. The molecular formula is C31H27F4I2N2O-. The van der Waals surface area contributed by atoms with Crippen molar-refractivity contribution >= 4 is 40.3 Å². The van der Waals surface area contributed by atoms with E-state index in [0.29, 0.717) is 59.8 Å². The van der Waals surface area contributed by atoms with Gasteiger partial charge in [-0.15, -0.1) is 0 Å². The average molecular weight is 773 g/mol. The number of alkyl halides is 5. The van der Waals surface area contributed by atoms with Crippen molar-refractivity contribution < 1.29 is 43.6 Å². The van der Waals surface area contributed by atoms with Crippen molar-refractivity contribution in [3.63, 3.8) is 0 Å². The molecule has 0 aliphatic carbocycles. The SMILES string of the molecule is O=C(c1cccc(C2C[I-]2)c1)N1CC2(CCN(C/C=C/c3cc(F)cc(I)c3)CC2)c2cc(C(F)(F)F)ccc21. The molecule has 210 valence electrons. The van der Waals surface area contributed by atoms with Crippen LogP contribution in [-0.4, -0.2) is 41.4 Å². The summed E-state index contributed by atoms with van der Waals surface area (Å²) in [6, 6.07) is 16.5. The van der Waals surface area contributed by atoms with Crippen LogP contribution >= 0.6 is 22.6 Å². The van der Waals surface area contributed by atoms with Crippen molar-refractivity contribution in [2.75, 3.05) is 35.5 Å². The number of benzene rings is 3. The zero-order valence-corrected chi connectivity index (χ0v) is 25.8. The summed E-state index contributed by atoms with van der Waals surface area (Å²) in [5.41, 5.74) is 2.63. The molecule has 0 aromatic heterocycles. The number of hydrogen-bond donors (Lipinski definition) is 0. The van der Waals surface area contributed by atoms with Crippen molar-refractivity contribution in [3.8, 4) is 0 Å². The molecule has 1 unspecified atom stereocenters. The first-order chi connectivity index (χ1) is 19.1. The summed E-state index contributed by atoms with van der Waals surface area (Å²) in [6.45, 7) is 2.44. The molecule has 3 aromatic rings. The third-order valence-electron chi connectivity index (χ3n) is 8.07. The van der Waals surface area contributed by atoms with E-state index in [9.17, 15) is 22.4 Å². The molecule has 3 heterocycles. The van der Waals surface area contributed by atoms with E-state index in [1.54, 1.807) is 4.90 Å². The van der Waals surface area contributed by atoms with Gasteiger partial charge >= 0.3 is 184 Å². The van der Waals surface area contributed by atoms with Gasteiger partial charge in [-0.25, -0.2) is 4.39 Å².